The van der Waals surface area contributed by atoms with Gasteiger partial charge >= 0.3 is 0 Å². The van der Waals surface area contributed by atoms with Gasteiger partial charge in [0.05, 0.1) is 10.6 Å². The summed E-state index contributed by atoms with van der Waals surface area (Å²) in [5, 5.41) is 6.38. The number of benzene rings is 1. The molecular formula is C20H34IN3O4S. The fourth-order valence-corrected chi connectivity index (χ4v) is 4.31. The summed E-state index contributed by atoms with van der Waals surface area (Å²) in [6.07, 6.45) is 3.60. The number of nitrogens with zero attached hydrogens (tertiary/aromatic N) is 1. The van der Waals surface area contributed by atoms with Crippen molar-refractivity contribution in [3.63, 3.8) is 0 Å². The van der Waals surface area contributed by atoms with Crippen LogP contribution >= 0.6 is 24.0 Å². The van der Waals surface area contributed by atoms with Gasteiger partial charge in [-0.1, -0.05) is 18.2 Å². The molecule has 9 heteroatoms. The number of rotatable bonds is 11. The molecular weight excluding hydrogens is 505 g/mol. The Hall–Kier alpha value is -0.910. The Bertz CT molecular complexity index is 680. The molecule has 1 aromatic carbocycles. The number of hydrogen-bond acceptors (Lipinski definition) is 5. The maximum atomic E-state index is 12.2. The predicted molar refractivity (Wildman–Crippen MR) is 127 cm³/mol. The van der Waals surface area contributed by atoms with E-state index in [0.717, 1.165) is 52.2 Å². The number of sulfone groups is 1. The maximum Gasteiger partial charge on any atom is 0.190 e. The SMILES string of the molecule is CN=C(NCCCOCC1CCOCC1)NCCCS(=O)(=O)c1ccccc1.I. The monoisotopic (exact) mass is 539 g/mol. The van der Waals surface area contributed by atoms with Crippen molar-refractivity contribution in [1.82, 2.24) is 10.6 Å². The number of hydrogen-bond donors (Lipinski definition) is 2. The summed E-state index contributed by atoms with van der Waals surface area (Å²) in [5.74, 6) is 1.42. The molecule has 1 fully saturated rings. The lowest BCUT2D eigenvalue weighted by Crippen LogP contribution is -2.38. The molecule has 0 spiro atoms. The van der Waals surface area contributed by atoms with Crippen LogP contribution in [-0.2, 0) is 19.3 Å². The Balaban J connectivity index is 0.00000420. The van der Waals surface area contributed by atoms with Crippen LogP contribution in [0.2, 0.25) is 0 Å². The van der Waals surface area contributed by atoms with Gasteiger partial charge in [-0.05, 0) is 43.7 Å². The van der Waals surface area contributed by atoms with Crippen molar-refractivity contribution < 1.29 is 17.9 Å². The van der Waals surface area contributed by atoms with Crippen LogP contribution < -0.4 is 10.6 Å². The third-order valence-corrected chi connectivity index (χ3v) is 6.48. The Morgan fingerprint density at radius 2 is 1.79 bits per heavy atom. The lowest BCUT2D eigenvalue weighted by Gasteiger charge is -2.21. The molecule has 2 N–H and O–H groups in total. The largest absolute Gasteiger partial charge is 0.381 e. The molecule has 0 atom stereocenters. The van der Waals surface area contributed by atoms with Crippen molar-refractivity contribution >= 4 is 39.8 Å². The normalized spacial score (nSPS) is 15.6. The molecule has 1 heterocycles. The first-order chi connectivity index (χ1) is 13.6. The van der Waals surface area contributed by atoms with Gasteiger partial charge in [0, 0.05) is 46.6 Å². The van der Waals surface area contributed by atoms with E-state index in [2.05, 4.69) is 15.6 Å². The van der Waals surface area contributed by atoms with Crippen LogP contribution in [0, 0.1) is 5.92 Å². The highest BCUT2D eigenvalue weighted by Crippen LogP contribution is 2.14. The second-order valence-electron chi connectivity index (χ2n) is 6.90. The molecule has 29 heavy (non-hydrogen) atoms. The van der Waals surface area contributed by atoms with E-state index in [1.165, 1.54) is 0 Å². The molecule has 7 nitrogen and oxygen atoms in total. The fourth-order valence-electron chi connectivity index (χ4n) is 2.98. The quantitative estimate of drug-likeness (QED) is 0.195. The zero-order valence-electron chi connectivity index (χ0n) is 17.1. The maximum absolute atomic E-state index is 12.2. The van der Waals surface area contributed by atoms with Gasteiger partial charge in [-0.3, -0.25) is 4.99 Å². The van der Waals surface area contributed by atoms with Crippen LogP contribution in [0.1, 0.15) is 25.7 Å². The summed E-state index contributed by atoms with van der Waals surface area (Å²) in [6, 6.07) is 8.56. The smallest absolute Gasteiger partial charge is 0.190 e. The first-order valence-electron chi connectivity index (χ1n) is 9.99. The van der Waals surface area contributed by atoms with Crippen molar-refractivity contribution in [2.75, 3.05) is 52.3 Å². The fraction of sp³-hybridized carbons (Fsp3) is 0.650. The van der Waals surface area contributed by atoms with Crippen LogP contribution in [0.15, 0.2) is 40.2 Å². The minimum Gasteiger partial charge on any atom is -0.381 e. The number of nitrogens with one attached hydrogen (secondary N) is 2. The summed E-state index contributed by atoms with van der Waals surface area (Å²) < 4.78 is 35.6. The topological polar surface area (TPSA) is 89.0 Å². The Morgan fingerprint density at radius 3 is 2.45 bits per heavy atom. The Labute approximate surface area is 192 Å². The first-order valence-corrected chi connectivity index (χ1v) is 11.6. The Morgan fingerprint density at radius 1 is 1.14 bits per heavy atom. The van der Waals surface area contributed by atoms with Crippen LogP contribution in [0.4, 0.5) is 0 Å². The Kier molecular flexibility index (Phi) is 13.5. The first kappa shape index (κ1) is 26.1. The van der Waals surface area contributed by atoms with E-state index in [1.807, 2.05) is 6.07 Å². The number of ether oxygens (including phenoxy) is 2. The highest BCUT2D eigenvalue weighted by atomic mass is 127. The molecule has 1 saturated heterocycles. The molecule has 0 unspecified atom stereocenters. The van der Waals surface area contributed by atoms with Crippen LogP contribution in [0.3, 0.4) is 0 Å². The molecule has 0 aromatic heterocycles. The zero-order valence-corrected chi connectivity index (χ0v) is 20.3. The van der Waals surface area contributed by atoms with E-state index in [0.29, 0.717) is 29.7 Å². The predicted octanol–water partition coefficient (Wildman–Crippen LogP) is 2.47. The van der Waals surface area contributed by atoms with Crippen molar-refractivity contribution in [2.24, 2.45) is 10.9 Å². The molecule has 2 rings (SSSR count). The van der Waals surface area contributed by atoms with Gasteiger partial charge < -0.3 is 20.1 Å². The van der Waals surface area contributed by atoms with Gasteiger partial charge in [0.1, 0.15) is 0 Å². The van der Waals surface area contributed by atoms with Crippen LogP contribution in [0.25, 0.3) is 0 Å². The van der Waals surface area contributed by atoms with E-state index >= 15 is 0 Å². The van der Waals surface area contributed by atoms with Crippen molar-refractivity contribution in [2.45, 2.75) is 30.6 Å². The number of guanidine groups is 1. The van der Waals surface area contributed by atoms with Crippen LogP contribution in [0.5, 0.6) is 0 Å². The highest BCUT2D eigenvalue weighted by Gasteiger charge is 2.14. The van der Waals surface area contributed by atoms with E-state index in [4.69, 9.17) is 9.47 Å². The second-order valence-corrected chi connectivity index (χ2v) is 9.00. The molecule has 1 aliphatic rings. The molecule has 0 saturated carbocycles. The van der Waals surface area contributed by atoms with Gasteiger partial charge in [0.25, 0.3) is 0 Å². The summed E-state index contributed by atoms with van der Waals surface area (Å²) in [5.41, 5.74) is 0. The van der Waals surface area contributed by atoms with E-state index in [-0.39, 0.29) is 29.7 Å². The summed E-state index contributed by atoms with van der Waals surface area (Å²) in [7, 11) is -1.52. The summed E-state index contributed by atoms with van der Waals surface area (Å²) >= 11 is 0. The average molecular weight is 539 g/mol. The molecule has 0 amide bonds. The van der Waals surface area contributed by atoms with E-state index in [9.17, 15) is 8.42 Å². The summed E-state index contributed by atoms with van der Waals surface area (Å²) in [6.45, 7) is 4.54. The van der Waals surface area contributed by atoms with Crippen molar-refractivity contribution in [3.8, 4) is 0 Å². The third kappa shape index (κ3) is 10.6. The van der Waals surface area contributed by atoms with Gasteiger partial charge in [-0.25, -0.2) is 8.42 Å². The molecule has 1 aliphatic heterocycles. The van der Waals surface area contributed by atoms with E-state index in [1.54, 1.807) is 31.3 Å². The number of aliphatic imine (C=N–C) groups is 1. The average Bonchev–Trinajstić information content (AvgIpc) is 2.73. The molecule has 1 aromatic rings. The standard InChI is InChI=1S/C20H33N3O4S.HI/c1-21-20(22-11-5-13-27-17-18-9-14-26-15-10-18)23-12-6-16-28(24,25)19-7-3-2-4-8-19;/h2-4,7-8,18H,5-6,9-17H2,1H3,(H2,21,22,23);1H. The summed E-state index contributed by atoms with van der Waals surface area (Å²) in [4.78, 5) is 4.54. The minimum atomic E-state index is -3.23. The number of halogens is 1. The van der Waals surface area contributed by atoms with Gasteiger partial charge in [0.2, 0.25) is 0 Å². The lowest BCUT2D eigenvalue weighted by atomic mass is 10.0. The zero-order chi connectivity index (χ0) is 20.1. The van der Waals surface area contributed by atoms with Gasteiger partial charge in [-0.15, -0.1) is 24.0 Å². The molecule has 0 aliphatic carbocycles. The van der Waals surface area contributed by atoms with Gasteiger partial charge in [-0.2, -0.15) is 0 Å². The molecule has 166 valence electrons. The lowest BCUT2D eigenvalue weighted by molar-refractivity contribution is 0.0203. The molecule has 0 bridgehead atoms. The van der Waals surface area contributed by atoms with Crippen LogP contribution in [-0.4, -0.2) is 66.7 Å². The van der Waals surface area contributed by atoms with Crippen molar-refractivity contribution in [3.05, 3.63) is 30.3 Å². The van der Waals surface area contributed by atoms with E-state index < -0.39 is 9.84 Å². The van der Waals surface area contributed by atoms with Gasteiger partial charge in [0.15, 0.2) is 15.8 Å². The van der Waals surface area contributed by atoms with Crippen molar-refractivity contribution in [1.29, 1.82) is 0 Å². The molecule has 0 radical (unpaired) electrons. The second kappa shape index (κ2) is 15.0. The highest BCUT2D eigenvalue weighted by molar-refractivity contribution is 14.0. The minimum absolute atomic E-state index is 0. The third-order valence-electron chi connectivity index (χ3n) is 4.66.